The van der Waals surface area contributed by atoms with E-state index in [0.29, 0.717) is 12.5 Å². The van der Waals surface area contributed by atoms with Gasteiger partial charge in [0.2, 0.25) is 0 Å². The number of ether oxygens (including phenoxy) is 1. The Hall–Kier alpha value is -1.51. The molecular weight excluding hydrogens is 270 g/mol. The van der Waals surface area contributed by atoms with Gasteiger partial charge >= 0.3 is 0 Å². The second kappa shape index (κ2) is 5.86. The molecule has 0 aromatic heterocycles. The molecule has 2 aromatic carbocycles. The average molecular weight is 288 g/mol. The first-order valence-corrected chi connectivity index (χ1v) is 7.38. The molecule has 1 aliphatic rings. The average Bonchev–Trinajstić information content (AvgIpc) is 2.88. The van der Waals surface area contributed by atoms with Crippen molar-refractivity contribution in [3.8, 4) is 5.75 Å². The molecule has 2 unspecified atom stereocenters. The molecule has 2 nitrogen and oxygen atoms in total. The van der Waals surface area contributed by atoms with Crippen molar-refractivity contribution in [3.63, 3.8) is 0 Å². The highest BCUT2D eigenvalue weighted by atomic mass is 35.5. The minimum atomic E-state index is 0.224. The predicted molar refractivity (Wildman–Crippen MR) is 82.5 cm³/mol. The monoisotopic (exact) mass is 287 g/mol. The number of rotatable bonds is 4. The molecule has 3 rings (SSSR count). The van der Waals surface area contributed by atoms with E-state index < -0.39 is 0 Å². The van der Waals surface area contributed by atoms with E-state index in [1.165, 1.54) is 11.1 Å². The smallest absolute Gasteiger partial charge is 0.122 e. The lowest BCUT2D eigenvalue weighted by Crippen LogP contribution is -2.27. The van der Waals surface area contributed by atoms with Crippen LogP contribution in [0.25, 0.3) is 0 Å². The Kier molecular flexibility index (Phi) is 3.95. The zero-order chi connectivity index (χ0) is 13.9. The first-order chi connectivity index (χ1) is 9.79. The van der Waals surface area contributed by atoms with Gasteiger partial charge in [-0.1, -0.05) is 48.9 Å². The maximum Gasteiger partial charge on any atom is 0.122 e. The summed E-state index contributed by atoms with van der Waals surface area (Å²) in [5.41, 5.74) is 2.49. The summed E-state index contributed by atoms with van der Waals surface area (Å²) in [6.07, 6.45) is 0. The molecule has 2 aromatic rings. The number of hydrogen-bond acceptors (Lipinski definition) is 2. The third kappa shape index (κ3) is 2.54. The van der Waals surface area contributed by atoms with Crippen molar-refractivity contribution in [1.29, 1.82) is 0 Å². The van der Waals surface area contributed by atoms with E-state index in [0.717, 1.165) is 17.3 Å². The Bertz CT molecular complexity index is 599. The van der Waals surface area contributed by atoms with Crippen molar-refractivity contribution >= 4 is 11.6 Å². The highest BCUT2D eigenvalue weighted by Crippen LogP contribution is 2.41. The fourth-order valence-corrected chi connectivity index (χ4v) is 3.07. The summed E-state index contributed by atoms with van der Waals surface area (Å²) < 4.78 is 5.82. The standard InChI is InChI=1S/C17H18ClNO/c1-2-19-17(12-6-5-7-13(18)10-12)15-11-20-16-9-4-3-8-14(15)16/h3-10,15,17,19H,2,11H2,1H3. The summed E-state index contributed by atoms with van der Waals surface area (Å²) in [5, 5.41) is 4.35. The van der Waals surface area contributed by atoms with Gasteiger partial charge in [0.15, 0.2) is 0 Å². The van der Waals surface area contributed by atoms with Gasteiger partial charge in [0.25, 0.3) is 0 Å². The first-order valence-electron chi connectivity index (χ1n) is 7.00. The van der Waals surface area contributed by atoms with Gasteiger partial charge in [0.05, 0.1) is 6.61 Å². The van der Waals surface area contributed by atoms with Crippen LogP contribution >= 0.6 is 11.6 Å². The van der Waals surface area contributed by atoms with Crippen molar-refractivity contribution in [1.82, 2.24) is 5.32 Å². The molecule has 0 saturated heterocycles. The summed E-state index contributed by atoms with van der Waals surface area (Å²) in [6.45, 7) is 3.75. The minimum absolute atomic E-state index is 0.224. The third-order valence-corrected chi connectivity index (χ3v) is 4.01. The number of para-hydroxylation sites is 1. The van der Waals surface area contributed by atoms with Crippen molar-refractivity contribution in [3.05, 3.63) is 64.7 Å². The number of likely N-dealkylation sites (N-methyl/N-ethyl adjacent to an activating group) is 1. The topological polar surface area (TPSA) is 21.3 Å². The van der Waals surface area contributed by atoms with Crippen LogP contribution in [0.15, 0.2) is 48.5 Å². The molecule has 20 heavy (non-hydrogen) atoms. The van der Waals surface area contributed by atoms with Gasteiger partial charge in [-0.2, -0.15) is 0 Å². The van der Waals surface area contributed by atoms with Crippen LogP contribution in [0.5, 0.6) is 5.75 Å². The molecule has 0 saturated carbocycles. The zero-order valence-corrected chi connectivity index (χ0v) is 12.2. The highest BCUT2D eigenvalue weighted by Gasteiger charge is 2.31. The molecular formula is C17H18ClNO. The first kappa shape index (κ1) is 13.5. The van der Waals surface area contributed by atoms with Crippen LogP contribution in [0.1, 0.15) is 30.0 Å². The van der Waals surface area contributed by atoms with Gasteiger partial charge < -0.3 is 10.1 Å². The number of halogens is 1. The molecule has 0 spiro atoms. The maximum atomic E-state index is 6.14. The zero-order valence-electron chi connectivity index (χ0n) is 11.5. The van der Waals surface area contributed by atoms with Crippen molar-refractivity contribution < 1.29 is 4.74 Å². The number of benzene rings is 2. The Labute approximate surface area is 124 Å². The molecule has 2 atom stereocenters. The Balaban J connectivity index is 1.96. The van der Waals surface area contributed by atoms with Gasteiger partial charge in [0.1, 0.15) is 5.75 Å². The minimum Gasteiger partial charge on any atom is -0.493 e. The molecule has 1 heterocycles. The molecule has 3 heteroatoms. The predicted octanol–water partition coefficient (Wildman–Crippen LogP) is 4.17. The van der Waals surface area contributed by atoms with Crippen LogP contribution in [0, 0.1) is 0 Å². The van der Waals surface area contributed by atoms with Crippen LogP contribution < -0.4 is 10.1 Å². The lowest BCUT2D eigenvalue weighted by atomic mass is 9.88. The number of hydrogen-bond donors (Lipinski definition) is 1. The largest absolute Gasteiger partial charge is 0.493 e. The van der Waals surface area contributed by atoms with Crippen LogP contribution in [0.3, 0.4) is 0 Å². The molecule has 0 fully saturated rings. The molecule has 0 amide bonds. The summed E-state index contributed by atoms with van der Waals surface area (Å²) in [7, 11) is 0. The quantitative estimate of drug-likeness (QED) is 0.911. The van der Waals surface area contributed by atoms with Gasteiger partial charge in [-0.3, -0.25) is 0 Å². The third-order valence-electron chi connectivity index (χ3n) is 3.77. The highest BCUT2D eigenvalue weighted by molar-refractivity contribution is 6.30. The van der Waals surface area contributed by atoms with Crippen molar-refractivity contribution in [2.24, 2.45) is 0 Å². The lowest BCUT2D eigenvalue weighted by Gasteiger charge is -2.24. The van der Waals surface area contributed by atoms with Gasteiger partial charge in [-0.25, -0.2) is 0 Å². The van der Waals surface area contributed by atoms with Gasteiger partial charge in [-0.05, 0) is 30.3 Å². The van der Waals surface area contributed by atoms with Gasteiger partial charge in [-0.15, -0.1) is 0 Å². The summed E-state index contributed by atoms with van der Waals surface area (Å²) in [5.74, 6) is 1.33. The molecule has 104 valence electrons. The van der Waals surface area contributed by atoms with E-state index in [1.54, 1.807) is 0 Å². The van der Waals surface area contributed by atoms with E-state index in [9.17, 15) is 0 Å². The fraction of sp³-hybridized carbons (Fsp3) is 0.294. The van der Waals surface area contributed by atoms with E-state index in [1.807, 2.05) is 30.3 Å². The molecule has 0 radical (unpaired) electrons. The molecule has 0 aliphatic carbocycles. The number of fused-ring (bicyclic) bond motifs is 1. The molecule has 1 N–H and O–H groups in total. The second-order valence-electron chi connectivity index (χ2n) is 5.05. The molecule has 0 bridgehead atoms. The van der Waals surface area contributed by atoms with E-state index >= 15 is 0 Å². The maximum absolute atomic E-state index is 6.14. The second-order valence-corrected chi connectivity index (χ2v) is 5.48. The van der Waals surface area contributed by atoms with E-state index in [4.69, 9.17) is 16.3 Å². The Morgan fingerprint density at radius 2 is 2.10 bits per heavy atom. The Morgan fingerprint density at radius 3 is 2.90 bits per heavy atom. The SMILES string of the molecule is CCNC(c1cccc(Cl)c1)C1COc2ccccc21. The summed E-state index contributed by atoms with van der Waals surface area (Å²) in [4.78, 5) is 0. The van der Waals surface area contributed by atoms with Crippen LogP contribution in [0.2, 0.25) is 5.02 Å². The fourth-order valence-electron chi connectivity index (χ4n) is 2.88. The van der Waals surface area contributed by atoms with Crippen LogP contribution in [-0.2, 0) is 0 Å². The van der Waals surface area contributed by atoms with Crippen LogP contribution in [-0.4, -0.2) is 13.2 Å². The van der Waals surface area contributed by atoms with E-state index in [-0.39, 0.29) is 6.04 Å². The normalized spacial score (nSPS) is 18.4. The van der Waals surface area contributed by atoms with Gasteiger partial charge in [0, 0.05) is 22.5 Å². The number of nitrogens with one attached hydrogen (secondary N) is 1. The lowest BCUT2D eigenvalue weighted by molar-refractivity contribution is 0.301. The van der Waals surface area contributed by atoms with Crippen LogP contribution in [0.4, 0.5) is 0 Å². The van der Waals surface area contributed by atoms with Crippen molar-refractivity contribution in [2.75, 3.05) is 13.2 Å². The molecule has 1 aliphatic heterocycles. The van der Waals surface area contributed by atoms with Crippen molar-refractivity contribution in [2.45, 2.75) is 18.9 Å². The van der Waals surface area contributed by atoms with E-state index in [2.05, 4.69) is 30.4 Å². The Morgan fingerprint density at radius 1 is 1.25 bits per heavy atom. The summed E-state index contributed by atoms with van der Waals surface area (Å²) >= 11 is 6.14. The summed E-state index contributed by atoms with van der Waals surface area (Å²) in [6, 6.07) is 16.6.